The van der Waals surface area contributed by atoms with Crippen LogP contribution in [0.3, 0.4) is 0 Å². The van der Waals surface area contributed by atoms with Crippen LogP contribution in [-0.4, -0.2) is 19.6 Å². The number of carbonyl (C=O) groups is 1. The minimum atomic E-state index is -2.87. The van der Waals surface area contributed by atoms with Crippen LogP contribution in [0.4, 0.5) is 26.3 Å². The van der Waals surface area contributed by atoms with E-state index in [1.54, 1.807) is 0 Å². The summed E-state index contributed by atoms with van der Waals surface area (Å²) in [6, 6.07) is 10.1. The van der Waals surface area contributed by atoms with Crippen molar-refractivity contribution in [3.05, 3.63) is 100 Å². The van der Waals surface area contributed by atoms with Crippen LogP contribution in [-0.2, 0) is 24.1 Å². The van der Waals surface area contributed by atoms with Gasteiger partial charge in [0.25, 0.3) is 5.91 Å². The number of hydrogen-bond acceptors (Lipinski definition) is 3. The van der Waals surface area contributed by atoms with Gasteiger partial charge < -0.3 is 0 Å². The molecular weight excluding hydrogens is 474 g/mol. The fourth-order valence-corrected chi connectivity index (χ4v) is 4.14. The van der Waals surface area contributed by atoms with Gasteiger partial charge in [-0.05, 0) is 35.4 Å². The van der Waals surface area contributed by atoms with Crippen LogP contribution < -0.4 is 5.48 Å². The molecule has 1 atom stereocenters. The second-order valence-corrected chi connectivity index (χ2v) is 8.13. The summed E-state index contributed by atoms with van der Waals surface area (Å²) >= 11 is 0. The summed E-state index contributed by atoms with van der Waals surface area (Å²) in [7, 11) is -2.87. The van der Waals surface area contributed by atoms with Crippen molar-refractivity contribution in [2.24, 2.45) is 0 Å². The average molecular weight is 488 g/mol. The zero-order valence-corrected chi connectivity index (χ0v) is 17.2. The van der Waals surface area contributed by atoms with Crippen LogP contribution in [0, 0.1) is 34.9 Å². The monoisotopic (exact) mass is 488 g/mol. The lowest BCUT2D eigenvalue weighted by molar-refractivity contribution is 0.0706. The number of benzene rings is 3. The van der Waals surface area contributed by atoms with Crippen molar-refractivity contribution in [1.82, 2.24) is 9.79 Å². The first kappa shape index (κ1) is 24.4. The molecule has 1 amide bonds. The van der Waals surface area contributed by atoms with Crippen molar-refractivity contribution in [2.75, 3.05) is 0 Å². The highest BCUT2D eigenvalue weighted by Crippen LogP contribution is 2.28. The highest BCUT2D eigenvalue weighted by atomic mass is 32.2. The summed E-state index contributed by atoms with van der Waals surface area (Å²) in [4.78, 5) is 9.92. The maximum Gasteiger partial charge on any atom is 0.274 e. The third-order valence-corrected chi connectivity index (χ3v) is 5.96. The van der Waals surface area contributed by atoms with E-state index < -0.39 is 56.7 Å². The molecule has 5 nitrogen and oxygen atoms in total. The summed E-state index contributed by atoms with van der Waals surface area (Å²) in [5.74, 6) is -12.7. The van der Waals surface area contributed by atoms with Crippen LogP contribution in [0.1, 0.15) is 21.5 Å². The summed E-state index contributed by atoms with van der Waals surface area (Å²) < 4.78 is 96.4. The number of nitrogens with zero attached hydrogens (tertiary/aromatic N) is 1. The number of amides is 1. The van der Waals surface area contributed by atoms with Gasteiger partial charge in [0, 0.05) is 18.7 Å². The Kier molecular flexibility index (Phi) is 7.51. The van der Waals surface area contributed by atoms with E-state index in [2.05, 4.69) is 0 Å². The molecule has 174 valence electrons. The molecule has 3 aromatic carbocycles. The van der Waals surface area contributed by atoms with E-state index in [-0.39, 0.29) is 18.7 Å². The lowest BCUT2D eigenvalue weighted by Gasteiger charge is -2.22. The fraction of sp³-hybridized carbons (Fsp3) is 0.0952. The first-order valence-corrected chi connectivity index (χ1v) is 10.2. The minimum Gasteiger partial charge on any atom is -0.288 e. The molecule has 0 fully saturated rings. The van der Waals surface area contributed by atoms with Gasteiger partial charge in [0.2, 0.25) is 5.82 Å². The van der Waals surface area contributed by atoms with E-state index in [4.69, 9.17) is 5.21 Å². The number of rotatable bonds is 7. The first-order valence-electron chi connectivity index (χ1n) is 9.10. The largest absolute Gasteiger partial charge is 0.288 e. The van der Waals surface area contributed by atoms with Gasteiger partial charge in [0.05, 0.1) is 0 Å². The SMILES string of the molecule is O=C(NO)c1ccc(CN(Cc2ccc(F)cc2)S(=O)c2c(F)c(F)c(F)c(F)c2F)cc1. The molecule has 3 rings (SSSR count). The van der Waals surface area contributed by atoms with Crippen LogP contribution in [0.2, 0.25) is 0 Å². The Morgan fingerprint density at radius 2 is 1.18 bits per heavy atom. The van der Waals surface area contributed by atoms with Crippen molar-refractivity contribution in [3.8, 4) is 0 Å². The predicted octanol–water partition coefficient (Wildman–Crippen LogP) is 4.37. The van der Waals surface area contributed by atoms with E-state index in [1.165, 1.54) is 41.9 Å². The van der Waals surface area contributed by atoms with Crippen molar-refractivity contribution in [1.29, 1.82) is 0 Å². The quantitative estimate of drug-likeness (QED) is 0.171. The predicted molar refractivity (Wildman–Crippen MR) is 104 cm³/mol. The van der Waals surface area contributed by atoms with E-state index in [0.29, 0.717) is 11.1 Å². The number of carbonyl (C=O) groups excluding carboxylic acids is 1. The molecular formula is C21H14F6N2O3S. The third kappa shape index (κ3) is 5.24. The standard InChI is InChI=1S/C21H14F6N2O3S/c22-14-7-3-12(4-8-14)10-29(9-11-1-5-13(6-2-11)21(30)28-31)33(32)20-18(26)16(24)15(23)17(25)19(20)27/h1-8,31H,9-10H2,(H,28,30). The molecule has 12 heteroatoms. The maximum atomic E-state index is 14.3. The van der Waals surface area contributed by atoms with E-state index in [1.807, 2.05) is 0 Å². The molecule has 1 unspecified atom stereocenters. The molecule has 33 heavy (non-hydrogen) atoms. The molecule has 0 aliphatic rings. The number of hydroxylamine groups is 1. The molecule has 0 aromatic heterocycles. The van der Waals surface area contributed by atoms with Crippen molar-refractivity contribution in [3.63, 3.8) is 0 Å². The maximum absolute atomic E-state index is 14.3. The summed E-state index contributed by atoms with van der Waals surface area (Å²) in [5, 5.41) is 8.67. The van der Waals surface area contributed by atoms with E-state index >= 15 is 0 Å². The zero-order valence-electron chi connectivity index (χ0n) is 16.4. The molecule has 0 bridgehead atoms. The number of hydrogen-bond donors (Lipinski definition) is 2. The molecule has 2 N–H and O–H groups in total. The Hall–Kier alpha value is -3.22. The number of nitrogens with one attached hydrogen (secondary N) is 1. The van der Waals surface area contributed by atoms with Gasteiger partial charge in [0.15, 0.2) is 23.3 Å². The molecule has 0 spiro atoms. The van der Waals surface area contributed by atoms with Gasteiger partial charge in [-0.1, -0.05) is 24.3 Å². The molecule has 0 radical (unpaired) electrons. The van der Waals surface area contributed by atoms with Crippen molar-refractivity contribution < 1.29 is 40.6 Å². The summed E-state index contributed by atoms with van der Waals surface area (Å²) in [5.41, 5.74) is 2.18. The average Bonchev–Trinajstić information content (AvgIpc) is 2.82. The molecule has 3 aromatic rings. The Morgan fingerprint density at radius 3 is 1.64 bits per heavy atom. The van der Waals surface area contributed by atoms with Crippen LogP contribution >= 0.6 is 0 Å². The zero-order chi connectivity index (χ0) is 24.3. The smallest absolute Gasteiger partial charge is 0.274 e. The fourth-order valence-electron chi connectivity index (χ4n) is 2.86. The van der Waals surface area contributed by atoms with Crippen molar-refractivity contribution >= 4 is 16.9 Å². The topological polar surface area (TPSA) is 69.6 Å². The minimum absolute atomic E-state index is 0.0622. The van der Waals surface area contributed by atoms with E-state index in [0.717, 1.165) is 16.4 Å². The van der Waals surface area contributed by atoms with Gasteiger partial charge >= 0.3 is 0 Å². The van der Waals surface area contributed by atoms with Crippen LogP contribution in [0.5, 0.6) is 0 Å². The molecule has 0 heterocycles. The Balaban J connectivity index is 2.01. The van der Waals surface area contributed by atoms with Gasteiger partial charge in [-0.3, -0.25) is 10.0 Å². The second kappa shape index (κ2) is 10.1. The lowest BCUT2D eigenvalue weighted by atomic mass is 10.1. The highest BCUT2D eigenvalue weighted by molar-refractivity contribution is 7.82. The van der Waals surface area contributed by atoms with Gasteiger partial charge in [-0.2, -0.15) is 0 Å². The Labute approximate surface area is 185 Å². The van der Waals surface area contributed by atoms with Crippen LogP contribution in [0.25, 0.3) is 0 Å². The Morgan fingerprint density at radius 1 is 0.758 bits per heavy atom. The van der Waals surface area contributed by atoms with Gasteiger partial charge in [-0.15, -0.1) is 0 Å². The molecule has 0 saturated carbocycles. The molecule has 0 aliphatic heterocycles. The molecule has 0 aliphatic carbocycles. The third-order valence-electron chi connectivity index (χ3n) is 4.53. The van der Waals surface area contributed by atoms with Gasteiger partial charge in [0.1, 0.15) is 21.7 Å². The normalized spacial score (nSPS) is 12.1. The second-order valence-electron chi connectivity index (χ2n) is 6.71. The lowest BCUT2D eigenvalue weighted by Crippen LogP contribution is -2.27. The summed E-state index contributed by atoms with van der Waals surface area (Å²) in [6.45, 7) is -0.629. The highest BCUT2D eigenvalue weighted by Gasteiger charge is 2.32. The first-order chi connectivity index (χ1) is 15.6. The number of halogens is 6. The molecule has 0 saturated heterocycles. The van der Waals surface area contributed by atoms with Gasteiger partial charge in [-0.25, -0.2) is 40.3 Å². The Bertz CT molecular complexity index is 1180. The van der Waals surface area contributed by atoms with Crippen molar-refractivity contribution in [2.45, 2.75) is 18.0 Å². The van der Waals surface area contributed by atoms with Crippen LogP contribution in [0.15, 0.2) is 53.4 Å². The van der Waals surface area contributed by atoms with E-state index in [9.17, 15) is 35.3 Å². The summed E-state index contributed by atoms with van der Waals surface area (Å²) in [6.07, 6.45) is 0.